The van der Waals surface area contributed by atoms with E-state index in [4.69, 9.17) is 0 Å². The highest BCUT2D eigenvalue weighted by atomic mass is 32.1. The number of rotatable bonds is 3. The quantitative estimate of drug-likeness (QED) is 0.875. The molecule has 6 heteroatoms. The number of nitrogens with zero attached hydrogens (tertiary/aromatic N) is 1. The summed E-state index contributed by atoms with van der Waals surface area (Å²) < 4.78 is 1.01. The third-order valence-electron chi connectivity index (χ3n) is 6.00. The van der Waals surface area contributed by atoms with Gasteiger partial charge >= 0.3 is 0 Å². The summed E-state index contributed by atoms with van der Waals surface area (Å²) in [5.74, 6) is 0.120. The predicted molar refractivity (Wildman–Crippen MR) is 103 cm³/mol. The topological polar surface area (TPSA) is 61.4 Å². The molecule has 3 saturated heterocycles. The lowest BCUT2D eigenvalue weighted by molar-refractivity contribution is 0.0797. The first-order chi connectivity index (χ1) is 12.7. The van der Waals surface area contributed by atoms with Crippen molar-refractivity contribution in [2.45, 2.75) is 50.2 Å². The third kappa shape index (κ3) is 2.81. The summed E-state index contributed by atoms with van der Waals surface area (Å²) in [5, 5.41) is 7.78. The van der Waals surface area contributed by atoms with Gasteiger partial charge in [-0.3, -0.25) is 9.59 Å². The number of hydrogen-bond donors (Lipinski definition) is 2. The van der Waals surface area contributed by atoms with Crippen molar-refractivity contribution in [1.29, 1.82) is 0 Å². The van der Waals surface area contributed by atoms with Gasteiger partial charge in [-0.2, -0.15) is 0 Å². The molecule has 0 saturated carbocycles. The lowest BCUT2D eigenvalue weighted by Crippen LogP contribution is -2.42. The van der Waals surface area contributed by atoms with Gasteiger partial charge < -0.3 is 15.5 Å². The highest BCUT2D eigenvalue weighted by molar-refractivity contribution is 7.20. The van der Waals surface area contributed by atoms with E-state index in [1.165, 1.54) is 17.8 Å². The van der Waals surface area contributed by atoms with E-state index >= 15 is 0 Å². The molecular formula is C20H23N3O2S. The molecule has 5 nitrogen and oxygen atoms in total. The van der Waals surface area contributed by atoms with Gasteiger partial charge in [-0.1, -0.05) is 6.07 Å². The molecule has 3 fully saturated rings. The van der Waals surface area contributed by atoms with Crippen LogP contribution in [0.25, 0.3) is 10.1 Å². The second kappa shape index (κ2) is 6.35. The smallest absolute Gasteiger partial charge is 0.263 e. The fourth-order valence-electron chi connectivity index (χ4n) is 4.59. The van der Waals surface area contributed by atoms with Crippen molar-refractivity contribution in [2.75, 3.05) is 13.1 Å². The Labute approximate surface area is 156 Å². The van der Waals surface area contributed by atoms with Gasteiger partial charge in [0.1, 0.15) is 0 Å². The SMILES string of the molecule is O=C(N[C@@H]1C[C@H]2CC[C@@H]1N2)c1ccc2cc(C(=O)N3CCCC3)sc2c1. The van der Waals surface area contributed by atoms with Crippen molar-refractivity contribution in [3.8, 4) is 0 Å². The van der Waals surface area contributed by atoms with Crippen LogP contribution in [0, 0.1) is 0 Å². The van der Waals surface area contributed by atoms with Crippen LogP contribution in [0.2, 0.25) is 0 Å². The summed E-state index contributed by atoms with van der Waals surface area (Å²) in [6, 6.07) is 8.96. The number of amides is 2. The lowest BCUT2D eigenvalue weighted by atomic mass is 9.95. The van der Waals surface area contributed by atoms with Gasteiger partial charge in [0.15, 0.2) is 0 Å². The Morgan fingerprint density at radius 3 is 2.73 bits per heavy atom. The Morgan fingerprint density at radius 2 is 2.00 bits per heavy atom. The van der Waals surface area contributed by atoms with Gasteiger partial charge in [0.2, 0.25) is 0 Å². The van der Waals surface area contributed by atoms with Crippen LogP contribution in [0.4, 0.5) is 0 Å². The number of carbonyl (C=O) groups excluding carboxylic acids is 2. The van der Waals surface area contributed by atoms with Crippen molar-refractivity contribution in [3.05, 3.63) is 34.7 Å². The summed E-state index contributed by atoms with van der Waals surface area (Å²) in [7, 11) is 0. The van der Waals surface area contributed by atoms with E-state index in [1.807, 2.05) is 29.2 Å². The molecular weight excluding hydrogens is 346 g/mol. The first-order valence-corrected chi connectivity index (χ1v) is 10.4. The maximum absolute atomic E-state index is 12.7. The second-order valence-electron chi connectivity index (χ2n) is 7.73. The Kier molecular flexibility index (Phi) is 3.98. The Hall–Kier alpha value is -1.92. The zero-order valence-corrected chi connectivity index (χ0v) is 15.5. The summed E-state index contributed by atoms with van der Waals surface area (Å²) in [6.07, 6.45) is 5.61. The minimum absolute atomic E-state index is 0.00734. The molecule has 3 aliphatic heterocycles. The van der Waals surface area contributed by atoms with Crippen LogP contribution in [0.5, 0.6) is 0 Å². The molecule has 2 bridgehead atoms. The van der Waals surface area contributed by atoms with Gasteiger partial charge in [0.25, 0.3) is 11.8 Å². The van der Waals surface area contributed by atoms with Crippen LogP contribution in [0.1, 0.15) is 52.1 Å². The molecule has 2 amide bonds. The molecule has 3 atom stereocenters. The summed E-state index contributed by atoms with van der Waals surface area (Å²) in [6.45, 7) is 1.72. The summed E-state index contributed by atoms with van der Waals surface area (Å²) >= 11 is 1.50. The molecule has 4 heterocycles. The van der Waals surface area contributed by atoms with Gasteiger partial charge in [0.05, 0.1) is 4.88 Å². The molecule has 0 aliphatic carbocycles. The number of hydrogen-bond acceptors (Lipinski definition) is 4. The van der Waals surface area contributed by atoms with Gasteiger partial charge in [-0.25, -0.2) is 0 Å². The summed E-state index contributed by atoms with van der Waals surface area (Å²) in [5.41, 5.74) is 0.683. The van der Waals surface area contributed by atoms with Crippen molar-refractivity contribution in [2.24, 2.45) is 0 Å². The molecule has 2 aromatic rings. The monoisotopic (exact) mass is 369 g/mol. The van der Waals surface area contributed by atoms with Crippen LogP contribution in [0.15, 0.2) is 24.3 Å². The van der Waals surface area contributed by atoms with Crippen molar-refractivity contribution < 1.29 is 9.59 Å². The van der Waals surface area contributed by atoms with E-state index in [2.05, 4.69) is 10.6 Å². The number of carbonyl (C=O) groups is 2. The molecule has 1 aromatic heterocycles. The molecule has 0 unspecified atom stereocenters. The standard InChI is InChI=1S/C20H23N3O2S/c24-19(22-16-11-14-5-6-15(16)21-14)13-4-3-12-9-18(26-17(12)10-13)20(25)23-7-1-2-8-23/h3-4,9-10,14-16,21H,1-2,5-8,11H2,(H,22,24)/t14-,15+,16-/m1/s1. The average Bonchev–Trinajstić information content (AvgIpc) is 3.43. The second-order valence-corrected chi connectivity index (χ2v) is 8.81. The van der Waals surface area contributed by atoms with Crippen LogP contribution in [-0.4, -0.2) is 47.9 Å². The number of fused-ring (bicyclic) bond motifs is 3. The van der Waals surface area contributed by atoms with Gasteiger partial charge in [-0.15, -0.1) is 11.3 Å². The Morgan fingerprint density at radius 1 is 1.15 bits per heavy atom. The number of likely N-dealkylation sites (tertiary alicyclic amines) is 1. The molecule has 1 aromatic carbocycles. The highest BCUT2D eigenvalue weighted by Gasteiger charge is 2.39. The van der Waals surface area contributed by atoms with Crippen molar-refractivity contribution >= 4 is 33.2 Å². The van der Waals surface area contributed by atoms with Gasteiger partial charge in [0, 0.05) is 41.5 Å². The molecule has 0 spiro atoms. The molecule has 0 radical (unpaired) electrons. The average molecular weight is 369 g/mol. The highest BCUT2D eigenvalue weighted by Crippen LogP contribution is 2.30. The fourth-order valence-corrected chi connectivity index (χ4v) is 5.66. The minimum Gasteiger partial charge on any atom is -0.348 e. The van der Waals surface area contributed by atoms with Crippen LogP contribution in [-0.2, 0) is 0 Å². The Balaban J connectivity index is 1.34. The van der Waals surface area contributed by atoms with E-state index in [9.17, 15) is 9.59 Å². The first kappa shape index (κ1) is 16.3. The van der Waals surface area contributed by atoms with Crippen LogP contribution in [0.3, 0.4) is 0 Å². The maximum Gasteiger partial charge on any atom is 0.263 e. The third-order valence-corrected chi connectivity index (χ3v) is 7.09. The van der Waals surface area contributed by atoms with Crippen LogP contribution >= 0.6 is 11.3 Å². The normalized spacial score (nSPS) is 27.4. The van der Waals surface area contributed by atoms with E-state index in [0.717, 1.165) is 53.7 Å². The maximum atomic E-state index is 12.7. The zero-order chi connectivity index (χ0) is 17.7. The van der Waals surface area contributed by atoms with Crippen molar-refractivity contribution in [1.82, 2.24) is 15.5 Å². The van der Waals surface area contributed by atoms with E-state index in [-0.39, 0.29) is 17.9 Å². The number of thiophene rings is 1. The molecule has 136 valence electrons. The largest absolute Gasteiger partial charge is 0.348 e. The first-order valence-electron chi connectivity index (χ1n) is 9.57. The molecule has 5 rings (SSSR count). The van der Waals surface area contributed by atoms with Crippen LogP contribution < -0.4 is 10.6 Å². The van der Waals surface area contributed by atoms with Crippen molar-refractivity contribution in [3.63, 3.8) is 0 Å². The Bertz CT molecular complexity index is 871. The zero-order valence-electron chi connectivity index (χ0n) is 14.7. The van der Waals surface area contributed by atoms with Gasteiger partial charge in [-0.05, 0) is 55.7 Å². The molecule has 26 heavy (non-hydrogen) atoms. The minimum atomic E-state index is -0.00734. The predicted octanol–water partition coefficient (Wildman–Crippen LogP) is 2.76. The number of nitrogens with one attached hydrogen (secondary N) is 2. The van der Waals surface area contributed by atoms with E-state index in [0.29, 0.717) is 17.6 Å². The van der Waals surface area contributed by atoms with E-state index in [1.54, 1.807) is 0 Å². The fraction of sp³-hybridized carbons (Fsp3) is 0.500. The molecule has 2 N–H and O–H groups in total. The number of benzene rings is 1. The summed E-state index contributed by atoms with van der Waals surface area (Å²) in [4.78, 5) is 28.0. The van der Waals surface area contributed by atoms with E-state index < -0.39 is 0 Å². The molecule has 3 aliphatic rings. The lowest BCUT2D eigenvalue weighted by Gasteiger charge is -2.21.